The van der Waals surface area contributed by atoms with Crippen LogP contribution in [0.25, 0.3) is 0 Å². The fourth-order valence-electron chi connectivity index (χ4n) is 3.94. The van der Waals surface area contributed by atoms with Crippen molar-refractivity contribution in [1.29, 1.82) is 5.26 Å². The number of carbonyl (C=O) groups is 1. The smallest absolute Gasteiger partial charge is 0.320 e. The molecule has 0 unspecified atom stereocenters. The van der Waals surface area contributed by atoms with E-state index in [4.69, 9.17) is 4.74 Å². The minimum atomic E-state index is -3.94. The Bertz CT molecular complexity index is 1140. The molecule has 2 aromatic rings. The summed E-state index contributed by atoms with van der Waals surface area (Å²) in [5.74, 6) is 0.698. The monoisotopic (exact) mass is 470 g/mol. The first kappa shape index (κ1) is 24.6. The van der Waals surface area contributed by atoms with Crippen molar-refractivity contribution in [3.63, 3.8) is 0 Å². The number of piperazine rings is 1. The molecule has 2 aromatic carbocycles. The van der Waals surface area contributed by atoms with E-state index in [-0.39, 0.29) is 35.3 Å². The van der Waals surface area contributed by atoms with Gasteiger partial charge in [-0.1, -0.05) is 6.07 Å². The number of benzene rings is 2. The largest absolute Gasteiger partial charge is 0.456 e. The van der Waals surface area contributed by atoms with E-state index in [0.29, 0.717) is 31.9 Å². The first-order valence-corrected chi connectivity index (χ1v) is 12.5. The van der Waals surface area contributed by atoms with Gasteiger partial charge in [0.05, 0.1) is 11.6 Å². The molecule has 9 heteroatoms. The molecule has 33 heavy (non-hydrogen) atoms. The molecule has 1 saturated heterocycles. The summed E-state index contributed by atoms with van der Waals surface area (Å²) >= 11 is 0. The number of nitriles is 1. The van der Waals surface area contributed by atoms with Crippen LogP contribution in [-0.2, 0) is 10.0 Å². The zero-order valence-corrected chi connectivity index (χ0v) is 20.4. The summed E-state index contributed by atoms with van der Waals surface area (Å²) < 4.78 is 34.4. The Kier molecular flexibility index (Phi) is 7.61. The number of amides is 2. The van der Waals surface area contributed by atoms with Crippen LogP contribution in [0.4, 0.5) is 4.79 Å². The zero-order chi connectivity index (χ0) is 24.2. The van der Waals surface area contributed by atoms with Crippen molar-refractivity contribution >= 4 is 16.1 Å². The van der Waals surface area contributed by atoms with Gasteiger partial charge in [-0.2, -0.15) is 9.57 Å². The molecule has 8 nitrogen and oxygen atoms in total. The molecular weight excluding hydrogens is 440 g/mol. The lowest BCUT2D eigenvalue weighted by Gasteiger charge is -2.36. The molecular formula is C24H30N4O4S. The van der Waals surface area contributed by atoms with Gasteiger partial charge in [-0.3, -0.25) is 0 Å². The average molecular weight is 471 g/mol. The predicted octanol–water partition coefficient (Wildman–Crippen LogP) is 3.74. The third-order valence-corrected chi connectivity index (χ3v) is 7.58. The van der Waals surface area contributed by atoms with Gasteiger partial charge in [0.2, 0.25) is 10.0 Å². The maximum absolute atomic E-state index is 13.5. The average Bonchev–Trinajstić information content (AvgIpc) is 2.79. The number of ether oxygens (including phenoxy) is 1. The Morgan fingerprint density at radius 2 is 1.64 bits per heavy atom. The highest BCUT2D eigenvalue weighted by atomic mass is 32.2. The topological polar surface area (TPSA) is 94.0 Å². The highest BCUT2D eigenvalue weighted by Gasteiger charge is 2.33. The minimum absolute atomic E-state index is 0.0516. The minimum Gasteiger partial charge on any atom is -0.456 e. The lowest BCUT2D eigenvalue weighted by Crippen LogP contribution is -2.53. The van der Waals surface area contributed by atoms with Crippen molar-refractivity contribution in [3.05, 3.63) is 53.1 Å². The zero-order valence-electron chi connectivity index (χ0n) is 19.5. The summed E-state index contributed by atoms with van der Waals surface area (Å²) in [5, 5.41) is 9.34. The SMILES string of the molecule is CCN(CC)C(=O)N1CCN(S(=O)(=O)c2cc(C#N)ccc2Oc2cc(C)cc(C)c2)CC1. The van der Waals surface area contributed by atoms with Gasteiger partial charge >= 0.3 is 6.03 Å². The molecule has 1 fully saturated rings. The Morgan fingerprint density at radius 1 is 1.03 bits per heavy atom. The molecule has 1 aliphatic heterocycles. The van der Waals surface area contributed by atoms with E-state index in [0.717, 1.165) is 11.1 Å². The van der Waals surface area contributed by atoms with E-state index in [2.05, 4.69) is 0 Å². The number of hydrogen-bond acceptors (Lipinski definition) is 5. The van der Waals surface area contributed by atoms with Gasteiger partial charge in [0.1, 0.15) is 16.4 Å². The van der Waals surface area contributed by atoms with Gasteiger partial charge in [-0.15, -0.1) is 0 Å². The van der Waals surface area contributed by atoms with Gasteiger partial charge in [0.15, 0.2) is 0 Å². The number of rotatable bonds is 6. The van der Waals surface area contributed by atoms with Crippen LogP contribution in [0, 0.1) is 25.2 Å². The normalized spacial score (nSPS) is 14.6. The first-order chi connectivity index (χ1) is 15.7. The van der Waals surface area contributed by atoms with E-state index in [1.807, 2.05) is 52.0 Å². The van der Waals surface area contributed by atoms with E-state index in [1.54, 1.807) is 9.80 Å². The van der Waals surface area contributed by atoms with Gasteiger partial charge in [-0.25, -0.2) is 13.2 Å². The lowest BCUT2D eigenvalue weighted by atomic mass is 10.1. The van der Waals surface area contributed by atoms with Crippen molar-refractivity contribution in [2.24, 2.45) is 0 Å². The van der Waals surface area contributed by atoms with E-state index in [9.17, 15) is 18.5 Å². The number of sulfonamides is 1. The van der Waals surface area contributed by atoms with Gasteiger partial charge in [0, 0.05) is 39.3 Å². The second-order valence-electron chi connectivity index (χ2n) is 8.04. The van der Waals surface area contributed by atoms with Crippen LogP contribution < -0.4 is 4.74 Å². The van der Waals surface area contributed by atoms with Crippen LogP contribution in [0.3, 0.4) is 0 Å². The second-order valence-corrected chi connectivity index (χ2v) is 9.95. The van der Waals surface area contributed by atoms with Crippen molar-refractivity contribution in [2.75, 3.05) is 39.3 Å². The molecule has 0 bridgehead atoms. The molecule has 0 saturated carbocycles. The van der Waals surface area contributed by atoms with E-state index < -0.39 is 10.0 Å². The van der Waals surface area contributed by atoms with E-state index >= 15 is 0 Å². The Balaban J connectivity index is 1.87. The maximum Gasteiger partial charge on any atom is 0.320 e. The summed E-state index contributed by atoms with van der Waals surface area (Å²) in [6, 6.07) is 12.0. The van der Waals surface area contributed by atoms with Crippen molar-refractivity contribution in [3.8, 4) is 17.6 Å². The van der Waals surface area contributed by atoms with Gasteiger partial charge < -0.3 is 14.5 Å². The molecule has 1 heterocycles. The van der Waals surface area contributed by atoms with Gasteiger partial charge in [-0.05, 0) is 69.2 Å². The standard InChI is InChI=1S/C24H30N4O4S/c1-5-26(6-2)24(29)27-9-11-28(12-10-27)33(30,31)23-16-20(17-25)7-8-22(23)32-21-14-18(3)13-19(4)15-21/h7-8,13-16H,5-6,9-12H2,1-4H3. The van der Waals surface area contributed by atoms with Gasteiger partial charge in [0.25, 0.3) is 0 Å². The predicted molar refractivity (Wildman–Crippen MR) is 126 cm³/mol. The number of carbonyl (C=O) groups excluding carboxylic acids is 1. The van der Waals surface area contributed by atoms with Crippen LogP contribution in [0.15, 0.2) is 41.3 Å². The highest BCUT2D eigenvalue weighted by Crippen LogP contribution is 2.33. The molecule has 0 N–H and O–H groups in total. The molecule has 2 amide bonds. The fraction of sp³-hybridized carbons (Fsp3) is 0.417. The van der Waals surface area contributed by atoms with Crippen molar-refractivity contribution in [1.82, 2.24) is 14.1 Å². The lowest BCUT2D eigenvalue weighted by molar-refractivity contribution is 0.138. The Labute approximate surface area is 196 Å². The molecule has 3 rings (SSSR count). The number of urea groups is 1. The number of aryl methyl sites for hydroxylation is 2. The third kappa shape index (κ3) is 5.46. The maximum atomic E-state index is 13.5. The van der Waals surface area contributed by atoms with Crippen molar-refractivity contribution < 1.29 is 17.9 Å². The quantitative estimate of drug-likeness (QED) is 0.641. The van der Waals surface area contributed by atoms with Crippen LogP contribution in [0.5, 0.6) is 11.5 Å². The first-order valence-electron chi connectivity index (χ1n) is 11.0. The van der Waals surface area contributed by atoms with Crippen LogP contribution >= 0.6 is 0 Å². The van der Waals surface area contributed by atoms with Crippen LogP contribution in [0.1, 0.15) is 30.5 Å². The van der Waals surface area contributed by atoms with Crippen molar-refractivity contribution in [2.45, 2.75) is 32.6 Å². The summed E-state index contributed by atoms with van der Waals surface area (Å²) in [7, 11) is -3.94. The molecule has 0 radical (unpaired) electrons. The molecule has 1 aliphatic rings. The van der Waals surface area contributed by atoms with Crippen LogP contribution in [0.2, 0.25) is 0 Å². The number of nitrogens with zero attached hydrogens (tertiary/aromatic N) is 4. The third-order valence-electron chi connectivity index (χ3n) is 5.66. The fourth-order valence-corrected chi connectivity index (χ4v) is 5.50. The van der Waals surface area contributed by atoms with Crippen LogP contribution in [-0.4, -0.2) is 67.8 Å². The molecule has 0 spiro atoms. The summed E-state index contributed by atoms with van der Waals surface area (Å²) in [6.45, 7) is 9.89. The molecule has 0 atom stereocenters. The Hall–Kier alpha value is -3.09. The second kappa shape index (κ2) is 10.2. The Morgan fingerprint density at radius 3 is 2.18 bits per heavy atom. The molecule has 176 valence electrons. The number of hydrogen-bond donors (Lipinski definition) is 0. The van der Waals surface area contributed by atoms with E-state index in [1.165, 1.54) is 22.5 Å². The highest BCUT2D eigenvalue weighted by molar-refractivity contribution is 7.89. The molecule has 0 aliphatic carbocycles. The summed E-state index contributed by atoms with van der Waals surface area (Å²) in [6.07, 6.45) is 0. The summed E-state index contributed by atoms with van der Waals surface area (Å²) in [4.78, 5) is 16.0. The summed E-state index contributed by atoms with van der Waals surface area (Å²) in [5.41, 5.74) is 2.23. The molecule has 0 aromatic heterocycles.